The van der Waals surface area contributed by atoms with Gasteiger partial charge in [0.15, 0.2) is 0 Å². The van der Waals surface area contributed by atoms with Crippen LogP contribution in [0.1, 0.15) is 31.3 Å². The van der Waals surface area contributed by atoms with E-state index in [0.29, 0.717) is 0 Å². The van der Waals surface area contributed by atoms with Crippen LogP contribution in [0.2, 0.25) is 0 Å². The molecule has 0 unspecified atom stereocenters. The van der Waals surface area contributed by atoms with Crippen molar-refractivity contribution in [2.75, 3.05) is 0 Å². The largest absolute Gasteiger partial charge is 0.241 e. The first kappa shape index (κ1) is 10.1. The van der Waals surface area contributed by atoms with Crippen molar-refractivity contribution < 1.29 is 0 Å². The lowest BCUT2D eigenvalue weighted by Crippen LogP contribution is -1.96. The number of rotatable bonds is 1. The molecule has 0 amide bonds. The number of nitrogens with zero attached hydrogens (tertiary/aromatic N) is 2. The normalized spacial score (nSPS) is 9.00. The van der Waals surface area contributed by atoms with Crippen LogP contribution in [0.3, 0.4) is 0 Å². The predicted molar refractivity (Wildman–Crippen MR) is 47.6 cm³/mol. The highest BCUT2D eigenvalue weighted by Crippen LogP contribution is 2.06. The van der Waals surface area contributed by atoms with Gasteiger partial charge in [0.1, 0.15) is 6.33 Å². The molecule has 1 aromatic rings. The lowest BCUT2D eigenvalue weighted by molar-refractivity contribution is 0.943. The molecule has 0 aliphatic heterocycles. The van der Waals surface area contributed by atoms with Gasteiger partial charge in [-0.15, -0.1) is 0 Å². The van der Waals surface area contributed by atoms with E-state index in [0.717, 1.165) is 17.8 Å². The Morgan fingerprint density at radius 2 is 1.91 bits per heavy atom. The summed E-state index contributed by atoms with van der Waals surface area (Å²) in [5.74, 6) is 0. The average molecular weight is 152 g/mol. The molecule has 11 heavy (non-hydrogen) atoms. The molecule has 0 N–H and O–H groups in total. The van der Waals surface area contributed by atoms with Crippen molar-refractivity contribution in [1.82, 2.24) is 9.97 Å². The van der Waals surface area contributed by atoms with Crippen LogP contribution in [-0.2, 0) is 6.42 Å². The zero-order valence-electron chi connectivity index (χ0n) is 6.68. The van der Waals surface area contributed by atoms with Crippen LogP contribution in [0, 0.1) is 13.8 Å². The molecule has 0 bridgehead atoms. The summed E-state index contributed by atoms with van der Waals surface area (Å²) in [5, 5.41) is 0. The second kappa shape index (κ2) is 4.06. The summed E-state index contributed by atoms with van der Waals surface area (Å²) >= 11 is 0. The Labute approximate surface area is 68.7 Å². The predicted octanol–water partition coefficient (Wildman–Crippen LogP) is 2.29. The van der Waals surface area contributed by atoms with Gasteiger partial charge in [0.05, 0.1) is 0 Å². The van der Waals surface area contributed by atoms with Crippen LogP contribution in [0.15, 0.2) is 6.33 Å². The molecule has 0 radical (unpaired) electrons. The smallest absolute Gasteiger partial charge is 0.115 e. The van der Waals surface area contributed by atoms with Crippen LogP contribution < -0.4 is 0 Å². The standard InChI is InChI=1S/C8H12N2.CH4/c1-4-8-6(2)7(3)9-5-10-8;/h5H,4H2,1-3H3;1H4. The molecular weight excluding hydrogens is 136 g/mol. The molecule has 2 heteroatoms. The van der Waals surface area contributed by atoms with Crippen molar-refractivity contribution in [1.29, 1.82) is 0 Å². The summed E-state index contributed by atoms with van der Waals surface area (Å²) in [6, 6.07) is 0. The summed E-state index contributed by atoms with van der Waals surface area (Å²) < 4.78 is 0. The zero-order valence-corrected chi connectivity index (χ0v) is 6.68. The molecule has 2 nitrogen and oxygen atoms in total. The molecule has 0 aromatic carbocycles. The molecule has 0 atom stereocenters. The minimum absolute atomic E-state index is 0. The third-order valence-electron chi connectivity index (χ3n) is 1.78. The van der Waals surface area contributed by atoms with E-state index in [9.17, 15) is 0 Å². The first-order valence-electron chi connectivity index (χ1n) is 3.52. The van der Waals surface area contributed by atoms with Crippen LogP contribution in [0.25, 0.3) is 0 Å². The van der Waals surface area contributed by atoms with Gasteiger partial charge in [-0.2, -0.15) is 0 Å². The van der Waals surface area contributed by atoms with E-state index in [1.807, 2.05) is 6.92 Å². The Hall–Kier alpha value is -0.920. The van der Waals surface area contributed by atoms with Crippen molar-refractivity contribution in [2.24, 2.45) is 0 Å². The second-order valence-electron chi connectivity index (χ2n) is 2.38. The second-order valence-corrected chi connectivity index (χ2v) is 2.38. The maximum Gasteiger partial charge on any atom is 0.115 e. The fourth-order valence-electron chi connectivity index (χ4n) is 0.944. The number of aromatic nitrogens is 2. The summed E-state index contributed by atoms with van der Waals surface area (Å²) in [6.45, 7) is 6.18. The molecule has 0 spiro atoms. The molecular formula is C9H16N2. The Kier molecular flexibility index (Phi) is 3.72. The molecule has 62 valence electrons. The van der Waals surface area contributed by atoms with Crippen molar-refractivity contribution in [3.8, 4) is 0 Å². The highest BCUT2D eigenvalue weighted by Gasteiger charge is 1.98. The molecule has 1 rings (SSSR count). The molecule has 0 aliphatic rings. The topological polar surface area (TPSA) is 25.8 Å². The van der Waals surface area contributed by atoms with E-state index in [1.54, 1.807) is 6.33 Å². The van der Waals surface area contributed by atoms with Gasteiger partial charge in [-0.25, -0.2) is 9.97 Å². The van der Waals surface area contributed by atoms with E-state index in [4.69, 9.17) is 0 Å². The molecule has 0 saturated carbocycles. The van der Waals surface area contributed by atoms with Gasteiger partial charge in [-0.3, -0.25) is 0 Å². The minimum atomic E-state index is 0. The molecule has 0 aliphatic carbocycles. The zero-order chi connectivity index (χ0) is 7.56. The summed E-state index contributed by atoms with van der Waals surface area (Å²) in [7, 11) is 0. The van der Waals surface area contributed by atoms with Crippen molar-refractivity contribution in [3.05, 3.63) is 23.3 Å². The van der Waals surface area contributed by atoms with Gasteiger partial charge in [-0.05, 0) is 25.8 Å². The van der Waals surface area contributed by atoms with Gasteiger partial charge in [0.25, 0.3) is 0 Å². The lowest BCUT2D eigenvalue weighted by Gasteiger charge is -2.01. The third-order valence-corrected chi connectivity index (χ3v) is 1.78. The fourth-order valence-corrected chi connectivity index (χ4v) is 0.944. The van der Waals surface area contributed by atoms with Crippen molar-refractivity contribution >= 4 is 0 Å². The Morgan fingerprint density at radius 3 is 2.36 bits per heavy atom. The SMILES string of the molecule is C.CCc1ncnc(C)c1C. The first-order valence-corrected chi connectivity index (χ1v) is 3.52. The summed E-state index contributed by atoms with van der Waals surface area (Å²) in [4.78, 5) is 8.22. The van der Waals surface area contributed by atoms with Crippen molar-refractivity contribution in [2.45, 2.75) is 34.6 Å². The molecule has 1 heterocycles. The van der Waals surface area contributed by atoms with Crippen LogP contribution in [0.4, 0.5) is 0 Å². The average Bonchev–Trinajstić information content (AvgIpc) is 1.95. The van der Waals surface area contributed by atoms with Gasteiger partial charge in [0.2, 0.25) is 0 Å². The summed E-state index contributed by atoms with van der Waals surface area (Å²) in [6.07, 6.45) is 2.62. The van der Waals surface area contributed by atoms with Crippen LogP contribution in [-0.4, -0.2) is 9.97 Å². The van der Waals surface area contributed by atoms with Gasteiger partial charge < -0.3 is 0 Å². The lowest BCUT2D eigenvalue weighted by atomic mass is 10.1. The molecule has 0 saturated heterocycles. The quantitative estimate of drug-likeness (QED) is 0.617. The monoisotopic (exact) mass is 152 g/mol. The van der Waals surface area contributed by atoms with Gasteiger partial charge >= 0.3 is 0 Å². The maximum atomic E-state index is 4.15. The van der Waals surface area contributed by atoms with Gasteiger partial charge in [-0.1, -0.05) is 14.4 Å². The highest BCUT2D eigenvalue weighted by molar-refractivity contribution is 5.21. The molecule has 1 aromatic heterocycles. The Bertz CT molecular complexity index is 231. The number of aryl methyl sites for hydroxylation is 2. The van der Waals surface area contributed by atoms with Crippen LogP contribution >= 0.6 is 0 Å². The Morgan fingerprint density at radius 1 is 1.27 bits per heavy atom. The third kappa shape index (κ3) is 2.00. The van der Waals surface area contributed by atoms with E-state index in [2.05, 4.69) is 23.8 Å². The number of hydrogen-bond donors (Lipinski definition) is 0. The van der Waals surface area contributed by atoms with E-state index in [-0.39, 0.29) is 7.43 Å². The van der Waals surface area contributed by atoms with E-state index < -0.39 is 0 Å². The van der Waals surface area contributed by atoms with E-state index >= 15 is 0 Å². The molecule has 0 fully saturated rings. The van der Waals surface area contributed by atoms with Crippen LogP contribution in [0.5, 0.6) is 0 Å². The van der Waals surface area contributed by atoms with Gasteiger partial charge in [0, 0.05) is 11.4 Å². The van der Waals surface area contributed by atoms with Crippen molar-refractivity contribution in [3.63, 3.8) is 0 Å². The highest BCUT2D eigenvalue weighted by atomic mass is 14.8. The van der Waals surface area contributed by atoms with E-state index in [1.165, 1.54) is 5.56 Å². The fraction of sp³-hybridized carbons (Fsp3) is 0.556. The summed E-state index contributed by atoms with van der Waals surface area (Å²) in [5.41, 5.74) is 3.48. The number of hydrogen-bond acceptors (Lipinski definition) is 2. The minimum Gasteiger partial charge on any atom is -0.241 e. The Balaban J connectivity index is 0.000001000. The first-order chi connectivity index (χ1) is 4.75. The maximum absolute atomic E-state index is 4.15.